The van der Waals surface area contributed by atoms with E-state index in [-0.39, 0.29) is 17.2 Å². The molecule has 33 heavy (non-hydrogen) atoms. The van der Waals surface area contributed by atoms with Crippen molar-refractivity contribution in [1.29, 1.82) is 5.26 Å². The molecule has 0 unspecified atom stereocenters. The summed E-state index contributed by atoms with van der Waals surface area (Å²) in [5.41, 5.74) is 1.54. The van der Waals surface area contributed by atoms with Gasteiger partial charge in [-0.25, -0.2) is 4.39 Å². The van der Waals surface area contributed by atoms with Gasteiger partial charge < -0.3 is 9.64 Å². The Labute approximate surface area is 193 Å². The van der Waals surface area contributed by atoms with Gasteiger partial charge in [-0.2, -0.15) is 5.26 Å². The van der Waals surface area contributed by atoms with Crippen molar-refractivity contribution in [3.63, 3.8) is 0 Å². The zero-order chi connectivity index (χ0) is 23.4. The molecule has 0 saturated heterocycles. The van der Waals surface area contributed by atoms with Gasteiger partial charge in [-0.3, -0.25) is 9.69 Å². The van der Waals surface area contributed by atoms with Crippen LogP contribution in [0.2, 0.25) is 0 Å². The van der Waals surface area contributed by atoms with Gasteiger partial charge in [0.05, 0.1) is 11.3 Å². The van der Waals surface area contributed by atoms with Crippen molar-refractivity contribution in [2.24, 2.45) is 0 Å². The van der Waals surface area contributed by atoms with Crippen LogP contribution in [0.25, 0.3) is 0 Å². The van der Waals surface area contributed by atoms with E-state index in [9.17, 15) is 14.4 Å². The van der Waals surface area contributed by atoms with Crippen molar-refractivity contribution in [2.75, 3.05) is 18.0 Å². The number of nitriles is 1. The summed E-state index contributed by atoms with van der Waals surface area (Å²) in [6.07, 6.45) is 0. The molecule has 1 amide bonds. The minimum atomic E-state index is -1.13. The molecule has 0 aliphatic carbocycles. The van der Waals surface area contributed by atoms with Gasteiger partial charge >= 0.3 is 0 Å². The molecule has 1 aliphatic rings. The van der Waals surface area contributed by atoms with Gasteiger partial charge in [-0.05, 0) is 31.0 Å². The second-order valence-electron chi connectivity index (χ2n) is 8.66. The number of benzene rings is 3. The SMILES string of the molecule is CC1(C)Oc2cc(F)c(C#N)cc2N(CCN(Cc2ccccc2)Cc2ccccc2)C1=O. The highest BCUT2D eigenvalue weighted by Gasteiger charge is 2.41. The maximum absolute atomic E-state index is 14.2. The predicted molar refractivity (Wildman–Crippen MR) is 125 cm³/mol. The zero-order valence-corrected chi connectivity index (χ0v) is 18.8. The maximum atomic E-state index is 14.2. The first-order valence-electron chi connectivity index (χ1n) is 10.9. The third-order valence-corrected chi connectivity index (χ3v) is 5.72. The molecule has 3 aromatic rings. The van der Waals surface area contributed by atoms with Crippen LogP contribution in [0, 0.1) is 17.1 Å². The van der Waals surface area contributed by atoms with Crippen LogP contribution >= 0.6 is 0 Å². The Hall–Kier alpha value is -3.69. The van der Waals surface area contributed by atoms with Crippen molar-refractivity contribution < 1.29 is 13.9 Å². The lowest BCUT2D eigenvalue weighted by atomic mass is 10.0. The van der Waals surface area contributed by atoms with Crippen molar-refractivity contribution >= 4 is 11.6 Å². The quantitative estimate of drug-likeness (QED) is 0.521. The fourth-order valence-corrected chi connectivity index (χ4v) is 4.04. The molecule has 0 spiro atoms. The number of hydrogen-bond donors (Lipinski definition) is 0. The van der Waals surface area contributed by atoms with E-state index >= 15 is 0 Å². The monoisotopic (exact) mass is 443 g/mol. The zero-order valence-electron chi connectivity index (χ0n) is 18.8. The number of ether oxygens (including phenoxy) is 1. The number of anilines is 1. The molecule has 0 aromatic heterocycles. The van der Waals surface area contributed by atoms with Crippen LogP contribution in [0.1, 0.15) is 30.5 Å². The third kappa shape index (κ3) is 5.05. The highest BCUT2D eigenvalue weighted by atomic mass is 19.1. The summed E-state index contributed by atoms with van der Waals surface area (Å²) in [5, 5.41) is 9.28. The van der Waals surface area contributed by atoms with E-state index in [0.717, 1.165) is 13.1 Å². The molecule has 1 aliphatic heterocycles. The summed E-state index contributed by atoms with van der Waals surface area (Å²) in [6.45, 7) is 5.76. The van der Waals surface area contributed by atoms with Crippen LogP contribution in [-0.2, 0) is 17.9 Å². The van der Waals surface area contributed by atoms with E-state index < -0.39 is 11.4 Å². The number of carbonyl (C=O) groups is 1. The molecule has 4 rings (SSSR count). The number of carbonyl (C=O) groups excluding carboxylic acids is 1. The van der Waals surface area contributed by atoms with Gasteiger partial charge in [0.1, 0.15) is 17.6 Å². The van der Waals surface area contributed by atoms with Gasteiger partial charge in [0, 0.05) is 32.2 Å². The Kier molecular flexibility index (Phi) is 6.43. The molecule has 0 atom stereocenters. The first-order valence-corrected chi connectivity index (χ1v) is 10.9. The lowest BCUT2D eigenvalue weighted by Crippen LogP contribution is -2.54. The molecule has 6 heteroatoms. The fourth-order valence-electron chi connectivity index (χ4n) is 4.04. The molecule has 0 radical (unpaired) electrons. The highest BCUT2D eigenvalue weighted by molar-refractivity contribution is 6.02. The van der Waals surface area contributed by atoms with Crippen molar-refractivity contribution in [3.8, 4) is 11.8 Å². The maximum Gasteiger partial charge on any atom is 0.270 e. The van der Waals surface area contributed by atoms with E-state index in [1.54, 1.807) is 18.7 Å². The standard InChI is InChI=1S/C27H26FN3O2/c1-27(2)26(32)31(24-15-22(17-29)23(28)16-25(24)33-27)14-13-30(18-20-9-5-3-6-10-20)19-21-11-7-4-8-12-21/h3-12,15-16H,13-14,18-19H2,1-2H3. The Balaban J connectivity index is 1.61. The van der Waals surface area contributed by atoms with E-state index in [0.29, 0.717) is 18.8 Å². The molecular weight excluding hydrogens is 417 g/mol. The molecule has 168 valence electrons. The van der Waals surface area contributed by atoms with Crippen molar-refractivity contribution in [1.82, 2.24) is 4.90 Å². The van der Waals surface area contributed by atoms with Crippen LogP contribution in [-0.4, -0.2) is 29.5 Å². The second-order valence-corrected chi connectivity index (χ2v) is 8.66. The minimum absolute atomic E-state index is 0.111. The number of halogens is 1. The smallest absolute Gasteiger partial charge is 0.270 e. The largest absolute Gasteiger partial charge is 0.476 e. The molecule has 0 N–H and O–H groups in total. The molecular formula is C27H26FN3O2. The van der Waals surface area contributed by atoms with E-state index in [1.807, 2.05) is 42.5 Å². The molecule has 1 heterocycles. The number of hydrogen-bond acceptors (Lipinski definition) is 4. The molecule has 0 saturated carbocycles. The fraction of sp³-hybridized carbons (Fsp3) is 0.259. The lowest BCUT2D eigenvalue weighted by molar-refractivity contribution is -0.132. The Morgan fingerprint density at radius 1 is 1.00 bits per heavy atom. The minimum Gasteiger partial charge on any atom is -0.476 e. The first-order chi connectivity index (χ1) is 15.9. The van der Waals surface area contributed by atoms with Gasteiger partial charge in [0.2, 0.25) is 0 Å². The molecule has 0 fully saturated rings. The van der Waals surface area contributed by atoms with Crippen LogP contribution in [0.15, 0.2) is 72.8 Å². The Morgan fingerprint density at radius 3 is 2.12 bits per heavy atom. The Bertz CT molecular complexity index is 1130. The number of amides is 1. The topological polar surface area (TPSA) is 56.6 Å². The summed E-state index contributed by atoms with van der Waals surface area (Å²) < 4.78 is 20.0. The number of rotatable bonds is 7. The molecule has 3 aromatic carbocycles. The normalized spacial score (nSPS) is 14.5. The first kappa shape index (κ1) is 22.5. The van der Waals surface area contributed by atoms with Gasteiger partial charge in [-0.1, -0.05) is 60.7 Å². The lowest BCUT2D eigenvalue weighted by Gasteiger charge is -2.39. The van der Waals surface area contributed by atoms with E-state index in [4.69, 9.17) is 4.74 Å². The average molecular weight is 444 g/mol. The number of nitrogens with zero attached hydrogens (tertiary/aromatic N) is 3. The predicted octanol–water partition coefficient (Wildman–Crippen LogP) is 4.90. The summed E-state index contributed by atoms with van der Waals surface area (Å²) in [6, 6.07) is 24.8. The van der Waals surface area contributed by atoms with Gasteiger partial charge in [0.15, 0.2) is 5.60 Å². The van der Waals surface area contributed by atoms with E-state index in [2.05, 4.69) is 29.2 Å². The summed E-state index contributed by atoms with van der Waals surface area (Å²) in [4.78, 5) is 17.1. The summed E-state index contributed by atoms with van der Waals surface area (Å²) in [5.74, 6) is -0.602. The molecule has 0 bridgehead atoms. The van der Waals surface area contributed by atoms with Crippen LogP contribution in [0.4, 0.5) is 10.1 Å². The second kappa shape index (κ2) is 9.43. The van der Waals surface area contributed by atoms with E-state index in [1.165, 1.54) is 23.3 Å². The van der Waals surface area contributed by atoms with Crippen molar-refractivity contribution in [3.05, 3.63) is 95.3 Å². The third-order valence-electron chi connectivity index (χ3n) is 5.72. The van der Waals surface area contributed by atoms with Crippen LogP contribution < -0.4 is 9.64 Å². The van der Waals surface area contributed by atoms with Crippen LogP contribution in [0.3, 0.4) is 0 Å². The van der Waals surface area contributed by atoms with Crippen molar-refractivity contribution in [2.45, 2.75) is 32.5 Å². The van der Waals surface area contributed by atoms with Gasteiger partial charge in [-0.15, -0.1) is 0 Å². The average Bonchev–Trinajstić information content (AvgIpc) is 2.80. The summed E-state index contributed by atoms with van der Waals surface area (Å²) >= 11 is 0. The number of fused-ring (bicyclic) bond motifs is 1. The Morgan fingerprint density at radius 2 is 1.58 bits per heavy atom. The van der Waals surface area contributed by atoms with Crippen LogP contribution in [0.5, 0.6) is 5.75 Å². The van der Waals surface area contributed by atoms with Gasteiger partial charge in [0.25, 0.3) is 5.91 Å². The highest BCUT2D eigenvalue weighted by Crippen LogP contribution is 2.39. The summed E-state index contributed by atoms with van der Waals surface area (Å²) in [7, 11) is 0. The molecule has 5 nitrogen and oxygen atoms in total.